The summed E-state index contributed by atoms with van der Waals surface area (Å²) < 4.78 is 5.10. The van der Waals surface area contributed by atoms with Crippen molar-refractivity contribution in [3.05, 3.63) is 24.8 Å². The Morgan fingerprint density at radius 3 is 2.73 bits per heavy atom. The Balaban J connectivity index is 3.82. The number of amides is 1. The quantitative estimate of drug-likeness (QED) is 0.467. The third kappa shape index (κ3) is 3.57. The standard InChI is InChI=1S/C8H13NO2/c1-4-5-11-7(3)6(2)8(9)10/h4,7H,1-2,5H2,3H3,(H2,9,10). The van der Waals surface area contributed by atoms with Gasteiger partial charge >= 0.3 is 0 Å². The molecule has 0 spiro atoms. The van der Waals surface area contributed by atoms with Crippen molar-refractivity contribution in [2.45, 2.75) is 13.0 Å². The van der Waals surface area contributed by atoms with Crippen LogP contribution in [0.5, 0.6) is 0 Å². The zero-order chi connectivity index (χ0) is 8.85. The first-order valence-corrected chi connectivity index (χ1v) is 3.30. The van der Waals surface area contributed by atoms with Gasteiger partial charge in [-0.3, -0.25) is 4.79 Å². The highest BCUT2D eigenvalue weighted by molar-refractivity contribution is 5.92. The summed E-state index contributed by atoms with van der Waals surface area (Å²) >= 11 is 0. The van der Waals surface area contributed by atoms with E-state index >= 15 is 0 Å². The Morgan fingerprint density at radius 1 is 1.82 bits per heavy atom. The minimum atomic E-state index is -0.526. The molecular weight excluding hydrogens is 142 g/mol. The molecule has 0 bridgehead atoms. The third-order valence-corrected chi connectivity index (χ3v) is 1.27. The second kappa shape index (κ2) is 4.68. The molecule has 0 saturated heterocycles. The van der Waals surface area contributed by atoms with Gasteiger partial charge in [0.2, 0.25) is 5.91 Å². The molecule has 3 heteroatoms. The Morgan fingerprint density at radius 2 is 2.36 bits per heavy atom. The number of hydrogen-bond donors (Lipinski definition) is 1. The molecule has 0 saturated carbocycles. The molecule has 0 heterocycles. The number of rotatable bonds is 5. The molecule has 0 fully saturated rings. The summed E-state index contributed by atoms with van der Waals surface area (Å²) in [6.45, 7) is 9.05. The predicted octanol–water partition coefficient (Wildman–Crippen LogP) is 0.619. The lowest BCUT2D eigenvalue weighted by molar-refractivity contribution is -0.115. The van der Waals surface area contributed by atoms with Crippen molar-refractivity contribution in [3.8, 4) is 0 Å². The maximum Gasteiger partial charge on any atom is 0.246 e. The van der Waals surface area contributed by atoms with Crippen LogP contribution in [0.4, 0.5) is 0 Å². The Kier molecular flexibility index (Phi) is 4.22. The Labute approximate surface area is 66.5 Å². The summed E-state index contributed by atoms with van der Waals surface area (Å²) in [6, 6.07) is 0. The first-order valence-electron chi connectivity index (χ1n) is 3.30. The molecule has 0 aliphatic carbocycles. The van der Waals surface area contributed by atoms with Crippen molar-refractivity contribution in [2.75, 3.05) is 6.61 Å². The molecule has 1 amide bonds. The monoisotopic (exact) mass is 155 g/mol. The lowest BCUT2D eigenvalue weighted by Crippen LogP contribution is -2.23. The molecule has 0 aromatic heterocycles. The van der Waals surface area contributed by atoms with E-state index in [-0.39, 0.29) is 11.7 Å². The fourth-order valence-corrected chi connectivity index (χ4v) is 0.513. The zero-order valence-electron chi connectivity index (χ0n) is 6.67. The fourth-order valence-electron chi connectivity index (χ4n) is 0.513. The van der Waals surface area contributed by atoms with Crippen LogP contribution in [0.3, 0.4) is 0 Å². The van der Waals surface area contributed by atoms with E-state index in [1.807, 2.05) is 0 Å². The van der Waals surface area contributed by atoms with E-state index in [1.54, 1.807) is 13.0 Å². The Hall–Kier alpha value is -1.09. The van der Waals surface area contributed by atoms with Gasteiger partial charge in [0.25, 0.3) is 0 Å². The van der Waals surface area contributed by atoms with Gasteiger partial charge in [-0.2, -0.15) is 0 Å². The van der Waals surface area contributed by atoms with Crippen LogP contribution in [0.25, 0.3) is 0 Å². The number of primary amides is 1. The van der Waals surface area contributed by atoms with Gasteiger partial charge in [-0.15, -0.1) is 6.58 Å². The Bertz CT molecular complexity index is 175. The normalized spacial score (nSPS) is 12.1. The molecule has 2 N–H and O–H groups in total. The SMILES string of the molecule is C=CCOC(C)C(=C)C(N)=O. The topological polar surface area (TPSA) is 52.3 Å². The average Bonchev–Trinajstić information content (AvgIpc) is 1.98. The van der Waals surface area contributed by atoms with Crippen LogP contribution >= 0.6 is 0 Å². The molecule has 0 aliphatic heterocycles. The lowest BCUT2D eigenvalue weighted by Gasteiger charge is -2.10. The predicted molar refractivity (Wildman–Crippen MR) is 43.9 cm³/mol. The average molecular weight is 155 g/mol. The first kappa shape index (κ1) is 9.91. The molecule has 1 atom stereocenters. The maximum atomic E-state index is 10.5. The summed E-state index contributed by atoms with van der Waals surface area (Å²) in [4.78, 5) is 10.5. The van der Waals surface area contributed by atoms with Crippen molar-refractivity contribution in [1.82, 2.24) is 0 Å². The van der Waals surface area contributed by atoms with Crippen LogP contribution in [-0.4, -0.2) is 18.6 Å². The van der Waals surface area contributed by atoms with Gasteiger partial charge < -0.3 is 10.5 Å². The van der Waals surface area contributed by atoms with Gasteiger partial charge in [-0.25, -0.2) is 0 Å². The highest BCUT2D eigenvalue weighted by atomic mass is 16.5. The number of ether oxygens (including phenoxy) is 1. The van der Waals surface area contributed by atoms with Crippen LogP contribution in [0.15, 0.2) is 24.8 Å². The van der Waals surface area contributed by atoms with Crippen LogP contribution < -0.4 is 5.73 Å². The van der Waals surface area contributed by atoms with E-state index in [0.717, 1.165) is 0 Å². The van der Waals surface area contributed by atoms with E-state index in [9.17, 15) is 4.79 Å². The largest absolute Gasteiger partial charge is 0.370 e. The summed E-state index contributed by atoms with van der Waals surface area (Å²) in [6.07, 6.45) is 1.27. The number of hydrogen-bond acceptors (Lipinski definition) is 2. The van der Waals surface area contributed by atoms with E-state index < -0.39 is 5.91 Å². The number of carbonyl (C=O) groups excluding carboxylic acids is 1. The summed E-state index contributed by atoms with van der Waals surface area (Å²) in [5, 5.41) is 0. The minimum Gasteiger partial charge on any atom is -0.370 e. The molecule has 0 aromatic carbocycles. The van der Waals surface area contributed by atoms with Crippen LogP contribution in [-0.2, 0) is 9.53 Å². The van der Waals surface area contributed by atoms with Gasteiger partial charge in [-0.1, -0.05) is 12.7 Å². The lowest BCUT2D eigenvalue weighted by atomic mass is 10.2. The van der Waals surface area contributed by atoms with Gasteiger partial charge in [0.1, 0.15) is 0 Å². The molecule has 0 radical (unpaired) electrons. The van der Waals surface area contributed by atoms with Gasteiger partial charge in [0.15, 0.2) is 0 Å². The van der Waals surface area contributed by atoms with Crippen LogP contribution in [0, 0.1) is 0 Å². The second-order valence-corrected chi connectivity index (χ2v) is 2.15. The third-order valence-electron chi connectivity index (χ3n) is 1.27. The van der Waals surface area contributed by atoms with Crippen molar-refractivity contribution in [2.24, 2.45) is 5.73 Å². The van der Waals surface area contributed by atoms with Crippen LogP contribution in [0.1, 0.15) is 6.92 Å². The molecule has 0 aliphatic rings. The van der Waals surface area contributed by atoms with E-state index in [1.165, 1.54) is 0 Å². The molecular formula is C8H13NO2. The smallest absolute Gasteiger partial charge is 0.246 e. The van der Waals surface area contributed by atoms with Gasteiger partial charge in [-0.05, 0) is 6.92 Å². The highest BCUT2D eigenvalue weighted by Gasteiger charge is 2.10. The zero-order valence-corrected chi connectivity index (χ0v) is 6.67. The molecule has 0 rings (SSSR count). The number of carbonyl (C=O) groups is 1. The highest BCUT2D eigenvalue weighted by Crippen LogP contribution is 2.02. The van der Waals surface area contributed by atoms with Gasteiger partial charge in [0, 0.05) is 5.57 Å². The molecule has 11 heavy (non-hydrogen) atoms. The summed E-state index contributed by atoms with van der Waals surface area (Å²) in [7, 11) is 0. The van der Waals surface area contributed by atoms with E-state index in [0.29, 0.717) is 6.61 Å². The molecule has 0 aromatic rings. The van der Waals surface area contributed by atoms with Crippen LogP contribution in [0.2, 0.25) is 0 Å². The molecule has 3 nitrogen and oxygen atoms in total. The van der Waals surface area contributed by atoms with Crippen molar-refractivity contribution >= 4 is 5.91 Å². The van der Waals surface area contributed by atoms with E-state index in [2.05, 4.69) is 13.2 Å². The van der Waals surface area contributed by atoms with E-state index in [4.69, 9.17) is 10.5 Å². The maximum absolute atomic E-state index is 10.5. The second-order valence-electron chi connectivity index (χ2n) is 2.15. The minimum absolute atomic E-state index is 0.284. The molecule has 1 unspecified atom stereocenters. The first-order chi connectivity index (χ1) is 5.09. The molecule has 62 valence electrons. The summed E-state index contributed by atoms with van der Waals surface area (Å²) in [5.74, 6) is -0.526. The number of nitrogens with two attached hydrogens (primary N) is 1. The van der Waals surface area contributed by atoms with Gasteiger partial charge in [0.05, 0.1) is 12.7 Å². The van der Waals surface area contributed by atoms with Crippen molar-refractivity contribution < 1.29 is 9.53 Å². The fraction of sp³-hybridized carbons (Fsp3) is 0.375. The van der Waals surface area contributed by atoms with Crippen molar-refractivity contribution in [3.63, 3.8) is 0 Å². The van der Waals surface area contributed by atoms with Crippen molar-refractivity contribution in [1.29, 1.82) is 0 Å². The summed E-state index contributed by atoms with van der Waals surface area (Å²) in [5.41, 5.74) is 5.25.